The van der Waals surface area contributed by atoms with Crippen LogP contribution in [0.25, 0.3) is 20.9 Å². The second-order valence-corrected chi connectivity index (χ2v) is 7.39. The molecule has 1 aromatic rings. The first kappa shape index (κ1) is 11.8. The predicted octanol–water partition coefficient (Wildman–Crippen LogP) is 4.18. The van der Waals surface area contributed by atoms with Crippen LogP contribution in [0.5, 0.6) is 0 Å². The van der Waals surface area contributed by atoms with Crippen molar-refractivity contribution < 1.29 is 0 Å². The summed E-state index contributed by atoms with van der Waals surface area (Å²) in [5.74, 6) is 1.84. The van der Waals surface area contributed by atoms with Gasteiger partial charge in [0.2, 0.25) is 0 Å². The van der Waals surface area contributed by atoms with Crippen molar-refractivity contribution in [3.63, 3.8) is 0 Å². The summed E-state index contributed by atoms with van der Waals surface area (Å²) >= 11 is 3.68. The summed E-state index contributed by atoms with van der Waals surface area (Å²) < 4.78 is 1.21. The van der Waals surface area contributed by atoms with E-state index in [-0.39, 0.29) is 0 Å². The van der Waals surface area contributed by atoms with Crippen molar-refractivity contribution in [3.8, 4) is 10.7 Å². The fourth-order valence-corrected chi connectivity index (χ4v) is 5.16. The van der Waals surface area contributed by atoms with E-state index in [1.807, 2.05) is 23.9 Å². The molecule has 102 valence electrons. The minimum atomic E-state index is 0.330. The molecule has 3 nitrogen and oxygen atoms in total. The average Bonchev–Trinajstić information content (AvgIpc) is 2.87. The number of thioether (sulfide) groups is 1. The van der Waals surface area contributed by atoms with E-state index in [1.165, 1.54) is 14.5 Å². The monoisotopic (exact) mass is 309 g/mol. The Bertz CT molecular complexity index is 880. The van der Waals surface area contributed by atoms with E-state index >= 15 is 0 Å². The third-order valence-corrected chi connectivity index (χ3v) is 6.43. The van der Waals surface area contributed by atoms with Gasteiger partial charge in [-0.25, -0.2) is 9.97 Å². The molecule has 0 fully saturated rings. The van der Waals surface area contributed by atoms with Gasteiger partial charge in [0, 0.05) is 0 Å². The number of para-hydroxylation sites is 1. The van der Waals surface area contributed by atoms with Gasteiger partial charge in [-0.3, -0.25) is 0 Å². The Morgan fingerprint density at radius 3 is 2.95 bits per heavy atom. The van der Waals surface area contributed by atoms with Crippen molar-refractivity contribution in [2.75, 3.05) is 5.32 Å². The van der Waals surface area contributed by atoms with Gasteiger partial charge in [-0.15, -0.1) is 23.1 Å². The van der Waals surface area contributed by atoms with Crippen LogP contribution in [0.2, 0.25) is 0 Å². The lowest BCUT2D eigenvalue weighted by Crippen LogP contribution is -2.32. The molecule has 3 heterocycles. The summed E-state index contributed by atoms with van der Waals surface area (Å²) in [7, 11) is 0. The SMILES string of the molecule is C1=CC2Nc3nc4nc5ccccc5sc-4c3SC2C=C1. The van der Waals surface area contributed by atoms with Gasteiger partial charge in [-0.1, -0.05) is 36.4 Å². The molecule has 2 unspecified atom stereocenters. The van der Waals surface area contributed by atoms with Crippen LogP contribution in [0.3, 0.4) is 0 Å². The van der Waals surface area contributed by atoms with E-state index in [4.69, 9.17) is 9.97 Å². The fraction of sp³-hybridized carbons (Fsp3) is 0.125. The van der Waals surface area contributed by atoms with Crippen molar-refractivity contribution in [3.05, 3.63) is 48.6 Å². The van der Waals surface area contributed by atoms with Crippen molar-refractivity contribution in [1.82, 2.24) is 9.97 Å². The maximum absolute atomic E-state index is 4.71. The third kappa shape index (κ3) is 1.74. The number of hydrogen-bond acceptors (Lipinski definition) is 5. The van der Waals surface area contributed by atoms with Crippen LogP contribution in [-0.2, 0) is 0 Å². The first-order chi connectivity index (χ1) is 10.4. The number of rotatable bonds is 0. The third-order valence-electron chi connectivity index (χ3n) is 3.79. The van der Waals surface area contributed by atoms with Gasteiger partial charge in [0.05, 0.1) is 31.3 Å². The first-order valence-corrected chi connectivity index (χ1v) is 8.55. The van der Waals surface area contributed by atoms with E-state index in [0.717, 1.165) is 17.2 Å². The normalized spacial score (nSPS) is 23.0. The Morgan fingerprint density at radius 1 is 1.05 bits per heavy atom. The van der Waals surface area contributed by atoms with Crippen molar-refractivity contribution in [1.29, 1.82) is 0 Å². The lowest BCUT2D eigenvalue weighted by Gasteiger charge is -2.29. The molecule has 0 radical (unpaired) electrons. The Hall–Kier alpha value is -1.85. The van der Waals surface area contributed by atoms with E-state index in [0.29, 0.717) is 11.3 Å². The molecule has 0 saturated carbocycles. The fourth-order valence-electron chi connectivity index (χ4n) is 2.77. The molecule has 0 spiro atoms. The van der Waals surface area contributed by atoms with Gasteiger partial charge in [-0.05, 0) is 12.1 Å². The molecule has 0 saturated heterocycles. The standard InChI is InChI=1S/C16H11N3S2/c1-3-7-11-9(5-1)17-15-13(20-11)14-16(19-15)18-10-6-2-4-8-12(10)21-14/h1-9,11H,(H,17,18,19). The van der Waals surface area contributed by atoms with Crippen LogP contribution in [-0.4, -0.2) is 21.3 Å². The quantitative estimate of drug-likeness (QED) is 0.676. The number of benzene rings is 1. The highest BCUT2D eigenvalue weighted by atomic mass is 32.2. The predicted molar refractivity (Wildman–Crippen MR) is 89.4 cm³/mol. The number of anilines is 1. The molecule has 21 heavy (non-hydrogen) atoms. The van der Waals surface area contributed by atoms with Gasteiger partial charge >= 0.3 is 0 Å². The maximum Gasteiger partial charge on any atom is 0.173 e. The summed E-state index contributed by atoms with van der Waals surface area (Å²) in [5.41, 5.74) is 1.02. The zero-order valence-electron chi connectivity index (χ0n) is 11.0. The molecule has 5 heteroatoms. The van der Waals surface area contributed by atoms with E-state index in [9.17, 15) is 0 Å². The summed E-state index contributed by atoms with van der Waals surface area (Å²) in [4.78, 5) is 11.9. The number of fused-ring (bicyclic) bond motifs is 5. The lowest BCUT2D eigenvalue weighted by molar-refractivity contribution is 0.874. The number of nitrogens with zero attached hydrogens (tertiary/aromatic N) is 2. The number of hydrogen-bond donors (Lipinski definition) is 1. The number of allylic oxidation sites excluding steroid dienone is 2. The second-order valence-electron chi connectivity index (χ2n) is 5.15. The number of nitrogens with one attached hydrogen (secondary N) is 1. The topological polar surface area (TPSA) is 37.8 Å². The van der Waals surface area contributed by atoms with E-state index in [2.05, 4.69) is 41.8 Å². The molecule has 4 aliphatic rings. The first-order valence-electron chi connectivity index (χ1n) is 6.86. The Labute approximate surface area is 130 Å². The highest BCUT2D eigenvalue weighted by molar-refractivity contribution is 8.00. The van der Waals surface area contributed by atoms with Crippen molar-refractivity contribution in [2.45, 2.75) is 16.2 Å². The van der Waals surface area contributed by atoms with Crippen LogP contribution in [0.4, 0.5) is 5.82 Å². The molecule has 0 bridgehead atoms. The van der Waals surface area contributed by atoms with Gasteiger partial charge in [0.25, 0.3) is 0 Å². The molecular formula is C16H11N3S2. The minimum Gasteiger partial charge on any atom is -0.361 e. The van der Waals surface area contributed by atoms with E-state index < -0.39 is 0 Å². The Morgan fingerprint density at radius 2 is 1.95 bits per heavy atom. The Kier molecular flexibility index (Phi) is 2.42. The average molecular weight is 309 g/mol. The molecule has 1 N–H and O–H groups in total. The molecule has 0 amide bonds. The highest BCUT2D eigenvalue weighted by Crippen LogP contribution is 2.48. The highest BCUT2D eigenvalue weighted by Gasteiger charge is 2.32. The molecular weight excluding hydrogens is 298 g/mol. The minimum absolute atomic E-state index is 0.330. The van der Waals surface area contributed by atoms with Crippen molar-refractivity contribution in [2.24, 2.45) is 0 Å². The zero-order valence-corrected chi connectivity index (χ0v) is 12.6. The van der Waals surface area contributed by atoms with Crippen LogP contribution in [0, 0.1) is 0 Å². The molecule has 0 aromatic heterocycles. The molecule has 1 aromatic carbocycles. The maximum atomic E-state index is 4.71. The second kappa shape index (κ2) is 4.32. The summed E-state index contributed by atoms with van der Waals surface area (Å²) in [6, 6.07) is 8.58. The molecule has 1 aliphatic carbocycles. The lowest BCUT2D eigenvalue weighted by atomic mass is 10.1. The van der Waals surface area contributed by atoms with Crippen molar-refractivity contribution >= 4 is 39.1 Å². The van der Waals surface area contributed by atoms with Gasteiger partial charge in [0.15, 0.2) is 5.82 Å². The van der Waals surface area contributed by atoms with Crippen LogP contribution >= 0.6 is 23.1 Å². The molecule has 3 aliphatic heterocycles. The van der Waals surface area contributed by atoms with Crippen LogP contribution in [0.1, 0.15) is 0 Å². The smallest absolute Gasteiger partial charge is 0.173 e. The van der Waals surface area contributed by atoms with E-state index in [1.54, 1.807) is 11.3 Å². The van der Waals surface area contributed by atoms with Crippen LogP contribution in [0.15, 0.2) is 53.5 Å². The van der Waals surface area contributed by atoms with Gasteiger partial charge < -0.3 is 5.32 Å². The molecule has 5 rings (SSSR count). The summed E-state index contributed by atoms with van der Waals surface area (Å²) in [5, 5.41) is 3.98. The Balaban J connectivity index is 1.73. The van der Waals surface area contributed by atoms with Gasteiger partial charge in [-0.2, -0.15) is 0 Å². The summed E-state index contributed by atoms with van der Waals surface area (Å²) in [6.45, 7) is 0. The summed E-state index contributed by atoms with van der Waals surface area (Å²) in [6.07, 6.45) is 8.67. The van der Waals surface area contributed by atoms with Crippen LogP contribution < -0.4 is 5.32 Å². The molecule has 2 atom stereocenters. The zero-order chi connectivity index (χ0) is 13.8. The van der Waals surface area contributed by atoms with Gasteiger partial charge in [0.1, 0.15) is 5.82 Å². The number of aromatic nitrogens is 2. The largest absolute Gasteiger partial charge is 0.361 e.